The van der Waals surface area contributed by atoms with E-state index in [9.17, 15) is 22.7 Å². The summed E-state index contributed by atoms with van der Waals surface area (Å²) < 4.78 is 55.2. The van der Waals surface area contributed by atoms with Gasteiger partial charge in [-0.3, -0.25) is 9.58 Å². The highest BCUT2D eigenvalue weighted by molar-refractivity contribution is 5.82. The number of fused-ring (bicyclic) bond motifs is 1. The quantitative estimate of drug-likeness (QED) is 0.645. The van der Waals surface area contributed by atoms with E-state index < -0.39 is 23.8 Å². The molecule has 0 spiro atoms. The summed E-state index contributed by atoms with van der Waals surface area (Å²) in [6, 6.07) is 9.96. The van der Waals surface area contributed by atoms with Crippen molar-refractivity contribution in [2.75, 3.05) is 13.1 Å². The molecule has 4 nitrogen and oxygen atoms in total. The normalized spacial score (nSPS) is 17.7. The molecule has 1 saturated heterocycles. The number of rotatable bonds is 3. The number of piperidine rings is 1. The Balaban J connectivity index is 1.53. The van der Waals surface area contributed by atoms with Crippen LogP contribution in [0.3, 0.4) is 0 Å². The van der Waals surface area contributed by atoms with Gasteiger partial charge in [-0.15, -0.1) is 0 Å². The van der Waals surface area contributed by atoms with Crippen molar-refractivity contribution in [2.45, 2.75) is 31.2 Å². The first-order valence-electron chi connectivity index (χ1n) is 9.46. The van der Waals surface area contributed by atoms with Crippen LogP contribution in [-0.4, -0.2) is 32.9 Å². The number of aliphatic hydroxyl groups is 1. The number of hydrogen-bond donors (Lipinski definition) is 1. The molecule has 2 aromatic carbocycles. The second-order valence-corrected chi connectivity index (χ2v) is 7.44. The number of alkyl halides is 3. The van der Waals surface area contributed by atoms with Gasteiger partial charge >= 0.3 is 6.18 Å². The first-order valence-corrected chi connectivity index (χ1v) is 9.46. The van der Waals surface area contributed by atoms with Crippen molar-refractivity contribution >= 4 is 10.9 Å². The first kappa shape index (κ1) is 19.8. The highest BCUT2D eigenvalue weighted by atomic mass is 19.4. The molecule has 0 bridgehead atoms. The van der Waals surface area contributed by atoms with Crippen molar-refractivity contribution in [3.05, 3.63) is 65.1 Å². The summed E-state index contributed by atoms with van der Waals surface area (Å²) in [6.07, 6.45) is -4.45. The molecule has 8 heteroatoms. The van der Waals surface area contributed by atoms with E-state index in [-0.39, 0.29) is 5.92 Å². The van der Waals surface area contributed by atoms with Gasteiger partial charge in [0.25, 0.3) is 0 Å². The van der Waals surface area contributed by atoms with Gasteiger partial charge in [-0.1, -0.05) is 18.2 Å². The van der Waals surface area contributed by atoms with Gasteiger partial charge in [0.2, 0.25) is 0 Å². The van der Waals surface area contributed by atoms with E-state index >= 15 is 0 Å². The third-order valence-corrected chi connectivity index (χ3v) is 5.67. The van der Waals surface area contributed by atoms with Crippen molar-refractivity contribution in [3.63, 3.8) is 0 Å². The zero-order valence-electron chi connectivity index (χ0n) is 15.8. The van der Waals surface area contributed by atoms with Gasteiger partial charge in [-0.25, -0.2) is 4.39 Å². The monoisotopic (exact) mass is 407 g/mol. The van der Waals surface area contributed by atoms with Crippen LogP contribution < -0.4 is 0 Å². The number of halogens is 4. The fraction of sp³-hybridized carbons (Fsp3) is 0.381. The molecular weight excluding hydrogens is 386 g/mol. The molecule has 29 heavy (non-hydrogen) atoms. The molecule has 3 aromatic rings. The van der Waals surface area contributed by atoms with Crippen molar-refractivity contribution < 1.29 is 22.7 Å². The summed E-state index contributed by atoms with van der Waals surface area (Å²) in [6.45, 7) is 0.844. The van der Waals surface area contributed by atoms with E-state index in [1.165, 1.54) is 24.3 Å². The fourth-order valence-electron chi connectivity index (χ4n) is 4.19. The van der Waals surface area contributed by atoms with Gasteiger partial charge in [-0.05, 0) is 48.6 Å². The largest absolute Gasteiger partial charge is 0.416 e. The van der Waals surface area contributed by atoms with E-state index in [4.69, 9.17) is 0 Å². The summed E-state index contributed by atoms with van der Waals surface area (Å²) in [4.78, 5) is 1.78. The molecule has 1 aliphatic heterocycles. The molecule has 1 N–H and O–H groups in total. The Labute approximate surface area is 165 Å². The SMILES string of the molecule is Cn1nc(C(O)N2CCC(c3ccccc3C(F)(F)F)CC2)c2cc(F)ccc21. The summed E-state index contributed by atoms with van der Waals surface area (Å²) >= 11 is 0. The molecule has 0 amide bonds. The second-order valence-electron chi connectivity index (χ2n) is 7.44. The fourth-order valence-corrected chi connectivity index (χ4v) is 4.19. The lowest BCUT2D eigenvalue weighted by molar-refractivity contribution is -0.138. The lowest BCUT2D eigenvalue weighted by Crippen LogP contribution is -2.36. The summed E-state index contributed by atoms with van der Waals surface area (Å²) in [7, 11) is 1.72. The maximum Gasteiger partial charge on any atom is 0.416 e. The predicted octanol–water partition coefficient (Wildman–Crippen LogP) is 4.60. The summed E-state index contributed by atoms with van der Waals surface area (Å²) in [5, 5.41) is 15.7. The minimum absolute atomic E-state index is 0.228. The number of aryl methyl sites for hydroxylation is 1. The smallest absolute Gasteiger partial charge is 0.372 e. The molecule has 1 aromatic heterocycles. The van der Waals surface area contributed by atoms with Gasteiger partial charge in [0.05, 0.1) is 11.1 Å². The van der Waals surface area contributed by atoms with Crippen LogP contribution in [0.4, 0.5) is 17.6 Å². The molecule has 154 valence electrons. The van der Waals surface area contributed by atoms with Crippen LogP contribution in [0.25, 0.3) is 10.9 Å². The van der Waals surface area contributed by atoms with Gasteiger partial charge < -0.3 is 5.11 Å². The Bertz CT molecular complexity index is 1020. The number of hydrogen-bond acceptors (Lipinski definition) is 3. The number of benzene rings is 2. The van der Waals surface area contributed by atoms with Crippen molar-refractivity contribution in [2.24, 2.45) is 7.05 Å². The average molecular weight is 407 g/mol. The Morgan fingerprint density at radius 1 is 1.10 bits per heavy atom. The van der Waals surface area contributed by atoms with Crippen LogP contribution in [0.1, 0.15) is 41.8 Å². The lowest BCUT2D eigenvalue weighted by atomic mass is 9.86. The van der Waals surface area contributed by atoms with E-state index in [1.54, 1.807) is 28.8 Å². The molecule has 1 atom stereocenters. The van der Waals surface area contributed by atoms with Crippen molar-refractivity contribution in [1.29, 1.82) is 0 Å². The Morgan fingerprint density at radius 3 is 2.48 bits per heavy atom. The van der Waals surface area contributed by atoms with Gasteiger partial charge in [0.1, 0.15) is 11.5 Å². The molecule has 1 aliphatic rings. The molecule has 0 saturated carbocycles. The van der Waals surface area contributed by atoms with E-state index in [1.807, 2.05) is 0 Å². The standard InChI is InChI=1S/C21H21F4N3O/c1-27-18-7-6-14(22)12-16(18)19(26-27)20(29)28-10-8-13(9-11-28)15-4-2-3-5-17(15)21(23,24)25/h2-7,12-13,20,29H,8-11H2,1H3. The number of aromatic nitrogens is 2. The highest BCUT2D eigenvalue weighted by Crippen LogP contribution is 2.39. The maximum absolute atomic E-state index is 13.7. The van der Waals surface area contributed by atoms with Crippen LogP contribution in [0, 0.1) is 5.82 Å². The lowest BCUT2D eigenvalue weighted by Gasteiger charge is -2.35. The second kappa shape index (κ2) is 7.42. The predicted molar refractivity (Wildman–Crippen MR) is 101 cm³/mol. The zero-order valence-corrected chi connectivity index (χ0v) is 15.8. The van der Waals surface area contributed by atoms with Crippen LogP contribution in [-0.2, 0) is 13.2 Å². The minimum Gasteiger partial charge on any atom is -0.372 e. The van der Waals surface area contributed by atoms with Crippen molar-refractivity contribution in [1.82, 2.24) is 14.7 Å². The molecule has 1 fully saturated rings. The minimum atomic E-state index is -4.38. The molecule has 1 unspecified atom stereocenters. The topological polar surface area (TPSA) is 41.3 Å². The molecule has 0 aliphatic carbocycles. The van der Waals surface area contributed by atoms with Crippen molar-refractivity contribution in [3.8, 4) is 0 Å². The molecule has 4 rings (SSSR count). The maximum atomic E-state index is 13.7. The molecular formula is C21H21F4N3O. The van der Waals surface area contributed by atoms with Crippen LogP contribution in [0.5, 0.6) is 0 Å². The average Bonchev–Trinajstić information content (AvgIpc) is 3.02. The molecule has 0 radical (unpaired) electrons. The van der Waals surface area contributed by atoms with Gasteiger partial charge in [0, 0.05) is 25.5 Å². The Morgan fingerprint density at radius 2 is 1.79 bits per heavy atom. The first-order chi connectivity index (χ1) is 13.8. The van der Waals surface area contributed by atoms with E-state index in [0.29, 0.717) is 48.1 Å². The molecule has 2 heterocycles. The number of likely N-dealkylation sites (tertiary alicyclic amines) is 1. The summed E-state index contributed by atoms with van der Waals surface area (Å²) in [5.74, 6) is -0.643. The number of aliphatic hydroxyl groups excluding tert-OH is 1. The van der Waals surface area contributed by atoms with E-state index in [2.05, 4.69) is 5.10 Å². The Kier molecular flexibility index (Phi) is 5.08. The Hall–Kier alpha value is -2.45. The van der Waals surface area contributed by atoms with Gasteiger partial charge in [0.15, 0.2) is 6.23 Å². The van der Waals surface area contributed by atoms with Crippen LogP contribution in [0.2, 0.25) is 0 Å². The van der Waals surface area contributed by atoms with Gasteiger partial charge in [-0.2, -0.15) is 18.3 Å². The van der Waals surface area contributed by atoms with Crippen LogP contribution in [0.15, 0.2) is 42.5 Å². The highest BCUT2D eigenvalue weighted by Gasteiger charge is 2.36. The summed E-state index contributed by atoms with van der Waals surface area (Å²) in [5.41, 5.74) is 0.773. The third-order valence-electron chi connectivity index (χ3n) is 5.67. The van der Waals surface area contributed by atoms with Crippen LogP contribution >= 0.6 is 0 Å². The zero-order chi connectivity index (χ0) is 20.8. The van der Waals surface area contributed by atoms with E-state index in [0.717, 1.165) is 6.07 Å². The third kappa shape index (κ3) is 3.74. The number of nitrogens with zero attached hydrogens (tertiary/aromatic N) is 3.